The van der Waals surface area contributed by atoms with E-state index in [-0.39, 0.29) is 10.0 Å². The van der Waals surface area contributed by atoms with E-state index in [2.05, 4.69) is 9.72 Å². The number of aromatic nitrogens is 1. The van der Waals surface area contributed by atoms with Crippen molar-refractivity contribution in [1.29, 1.82) is 0 Å². The molecule has 2 N–H and O–H groups in total. The van der Waals surface area contributed by atoms with Crippen LogP contribution in [-0.2, 0) is 4.74 Å². The molecule has 0 radical (unpaired) electrons. The fourth-order valence-electron chi connectivity index (χ4n) is 0.736. The highest BCUT2D eigenvalue weighted by Crippen LogP contribution is 2.28. The highest BCUT2D eigenvalue weighted by molar-refractivity contribution is 7.17. The van der Waals surface area contributed by atoms with Gasteiger partial charge in [-0.1, -0.05) is 11.3 Å². The molecule has 4 nitrogen and oxygen atoms in total. The number of hydrogen-bond acceptors (Lipinski definition) is 5. The Kier molecular flexibility index (Phi) is 2.76. The molecule has 1 aromatic heterocycles. The zero-order valence-corrected chi connectivity index (χ0v) is 7.40. The molecule has 0 spiro atoms. The third-order valence-corrected chi connectivity index (χ3v) is 2.13. The first-order valence-electron chi connectivity index (χ1n) is 3.19. The van der Waals surface area contributed by atoms with Gasteiger partial charge in [0.15, 0.2) is 5.13 Å². The first-order valence-corrected chi connectivity index (χ1v) is 4.00. The average Bonchev–Trinajstić information content (AvgIpc) is 2.46. The monoisotopic (exact) mass is 208 g/mol. The molecule has 0 aliphatic carbocycles. The zero-order chi connectivity index (χ0) is 10.0. The number of methoxy groups -OCH3 is 1. The molecule has 1 heterocycles. The van der Waals surface area contributed by atoms with Crippen molar-refractivity contribution in [2.45, 2.75) is 6.43 Å². The molecule has 0 aliphatic heterocycles. The van der Waals surface area contributed by atoms with Crippen LogP contribution in [0, 0.1) is 0 Å². The van der Waals surface area contributed by atoms with Crippen molar-refractivity contribution < 1.29 is 18.3 Å². The number of carbonyl (C=O) groups excluding carboxylic acids is 1. The van der Waals surface area contributed by atoms with Crippen LogP contribution in [0.15, 0.2) is 0 Å². The lowest BCUT2D eigenvalue weighted by Gasteiger charge is -1.97. The summed E-state index contributed by atoms with van der Waals surface area (Å²) in [5.74, 6) is -0.843. The van der Waals surface area contributed by atoms with Crippen molar-refractivity contribution >= 4 is 22.4 Å². The minimum absolute atomic E-state index is 0.0734. The molecule has 1 rings (SSSR count). The van der Waals surface area contributed by atoms with Gasteiger partial charge in [-0.05, 0) is 0 Å². The van der Waals surface area contributed by atoms with E-state index in [0.29, 0.717) is 11.3 Å². The Morgan fingerprint density at radius 2 is 2.31 bits per heavy atom. The summed E-state index contributed by atoms with van der Waals surface area (Å²) >= 11 is 0.687. The third-order valence-electron chi connectivity index (χ3n) is 1.25. The van der Waals surface area contributed by atoms with Crippen molar-refractivity contribution in [1.82, 2.24) is 4.98 Å². The standard InChI is InChI=1S/C6H6F2N2O2S/c1-12-5(11)3-2(4(7)8)10-6(9)13-3/h4H,1H3,(H2,9,10). The van der Waals surface area contributed by atoms with Crippen LogP contribution in [0.1, 0.15) is 21.8 Å². The minimum Gasteiger partial charge on any atom is -0.465 e. The summed E-state index contributed by atoms with van der Waals surface area (Å²) in [5.41, 5.74) is 4.56. The molecule has 0 amide bonds. The Bertz CT molecular complexity index is 326. The Morgan fingerprint density at radius 3 is 2.77 bits per heavy atom. The molecule has 0 saturated heterocycles. The molecule has 1 aromatic rings. The second-order valence-corrected chi connectivity index (χ2v) is 3.09. The van der Waals surface area contributed by atoms with Crippen LogP contribution in [0.5, 0.6) is 0 Å². The van der Waals surface area contributed by atoms with Crippen LogP contribution >= 0.6 is 11.3 Å². The van der Waals surface area contributed by atoms with Gasteiger partial charge < -0.3 is 10.5 Å². The van der Waals surface area contributed by atoms with Crippen LogP contribution in [0.2, 0.25) is 0 Å². The maximum absolute atomic E-state index is 12.2. The van der Waals surface area contributed by atoms with Crippen LogP contribution in [-0.4, -0.2) is 18.1 Å². The van der Waals surface area contributed by atoms with E-state index in [1.54, 1.807) is 0 Å². The van der Waals surface area contributed by atoms with Gasteiger partial charge in [-0.3, -0.25) is 0 Å². The largest absolute Gasteiger partial charge is 0.465 e. The minimum atomic E-state index is -2.82. The first-order chi connectivity index (χ1) is 6.06. The molecule has 7 heteroatoms. The second-order valence-electron chi connectivity index (χ2n) is 2.06. The van der Waals surface area contributed by atoms with Crippen LogP contribution < -0.4 is 5.73 Å². The lowest BCUT2D eigenvalue weighted by atomic mass is 10.4. The summed E-state index contributed by atoms with van der Waals surface area (Å²) in [6, 6.07) is 0. The molecule has 0 fully saturated rings. The smallest absolute Gasteiger partial charge is 0.350 e. The normalized spacial score (nSPS) is 10.5. The molecule has 13 heavy (non-hydrogen) atoms. The molecular formula is C6H6F2N2O2S. The molecule has 0 bridgehead atoms. The summed E-state index contributed by atoms with van der Waals surface area (Å²) in [7, 11) is 1.10. The van der Waals surface area contributed by atoms with E-state index in [1.807, 2.05) is 0 Å². The van der Waals surface area contributed by atoms with Gasteiger partial charge in [-0.25, -0.2) is 18.6 Å². The van der Waals surface area contributed by atoms with E-state index in [9.17, 15) is 13.6 Å². The summed E-state index contributed by atoms with van der Waals surface area (Å²) in [6.07, 6.45) is -2.82. The van der Waals surface area contributed by atoms with E-state index in [0.717, 1.165) is 7.11 Å². The number of anilines is 1. The van der Waals surface area contributed by atoms with Gasteiger partial charge in [-0.2, -0.15) is 0 Å². The van der Waals surface area contributed by atoms with Crippen LogP contribution in [0.25, 0.3) is 0 Å². The van der Waals surface area contributed by atoms with Gasteiger partial charge in [0.25, 0.3) is 6.43 Å². The van der Waals surface area contributed by atoms with Gasteiger partial charge in [0.05, 0.1) is 7.11 Å². The number of halogens is 2. The van der Waals surface area contributed by atoms with Crippen molar-refractivity contribution in [3.8, 4) is 0 Å². The first kappa shape index (κ1) is 9.85. The maximum atomic E-state index is 12.2. The van der Waals surface area contributed by atoms with Gasteiger partial charge in [-0.15, -0.1) is 0 Å². The predicted molar refractivity (Wildman–Crippen MR) is 42.8 cm³/mol. The van der Waals surface area contributed by atoms with Gasteiger partial charge in [0.2, 0.25) is 0 Å². The quantitative estimate of drug-likeness (QED) is 0.747. The highest BCUT2D eigenvalue weighted by Gasteiger charge is 2.24. The maximum Gasteiger partial charge on any atom is 0.350 e. The van der Waals surface area contributed by atoms with E-state index >= 15 is 0 Å². The van der Waals surface area contributed by atoms with Crippen LogP contribution in [0.3, 0.4) is 0 Å². The van der Waals surface area contributed by atoms with Gasteiger partial charge >= 0.3 is 5.97 Å². The number of thiazole rings is 1. The number of esters is 1. The van der Waals surface area contributed by atoms with E-state index < -0.39 is 18.1 Å². The molecule has 72 valence electrons. The Labute approximate surface area is 76.3 Å². The molecular weight excluding hydrogens is 202 g/mol. The number of alkyl halides is 2. The number of nitrogens with zero attached hydrogens (tertiary/aromatic N) is 1. The molecule has 0 saturated carbocycles. The lowest BCUT2D eigenvalue weighted by molar-refractivity contribution is 0.0594. The number of nitrogens with two attached hydrogens (primary N) is 1. The number of ether oxygens (including phenoxy) is 1. The molecule has 0 atom stereocenters. The van der Waals surface area contributed by atoms with Crippen molar-refractivity contribution in [3.63, 3.8) is 0 Å². The average molecular weight is 208 g/mol. The third kappa shape index (κ3) is 1.92. The molecule has 0 unspecified atom stereocenters. The van der Waals surface area contributed by atoms with Crippen LogP contribution in [0.4, 0.5) is 13.9 Å². The van der Waals surface area contributed by atoms with Gasteiger partial charge in [0, 0.05) is 0 Å². The summed E-state index contributed by atoms with van der Waals surface area (Å²) in [6.45, 7) is 0. The number of carbonyl (C=O) groups is 1. The van der Waals surface area contributed by atoms with E-state index in [1.165, 1.54) is 0 Å². The Balaban J connectivity index is 3.11. The number of rotatable bonds is 2. The number of hydrogen-bond donors (Lipinski definition) is 1. The van der Waals surface area contributed by atoms with Crippen molar-refractivity contribution in [3.05, 3.63) is 10.6 Å². The lowest BCUT2D eigenvalue weighted by Crippen LogP contribution is -2.02. The fraction of sp³-hybridized carbons (Fsp3) is 0.333. The van der Waals surface area contributed by atoms with Crippen molar-refractivity contribution in [2.75, 3.05) is 12.8 Å². The summed E-state index contributed by atoms with van der Waals surface area (Å²) in [4.78, 5) is 14.0. The van der Waals surface area contributed by atoms with Gasteiger partial charge in [0.1, 0.15) is 10.6 Å². The Hall–Kier alpha value is -1.24. The number of nitrogen functional groups attached to an aromatic ring is 1. The molecule has 0 aliphatic rings. The predicted octanol–water partition coefficient (Wildman–Crippen LogP) is 1.45. The fourth-order valence-corrected chi connectivity index (χ4v) is 1.50. The highest BCUT2D eigenvalue weighted by atomic mass is 32.1. The SMILES string of the molecule is COC(=O)c1sc(N)nc1C(F)F. The summed E-state index contributed by atoms with van der Waals surface area (Å²) < 4.78 is 28.7. The Morgan fingerprint density at radius 1 is 1.69 bits per heavy atom. The molecule has 0 aromatic carbocycles. The topological polar surface area (TPSA) is 65.2 Å². The second kappa shape index (κ2) is 3.65. The zero-order valence-electron chi connectivity index (χ0n) is 6.58. The summed E-state index contributed by atoms with van der Waals surface area (Å²) in [5, 5.41) is -0.0734. The van der Waals surface area contributed by atoms with Crippen molar-refractivity contribution in [2.24, 2.45) is 0 Å². The van der Waals surface area contributed by atoms with E-state index in [4.69, 9.17) is 5.73 Å².